The number of amides is 1. The monoisotopic (exact) mass is 392 g/mol. The van der Waals surface area contributed by atoms with Gasteiger partial charge >= 0.3 is 0 Å². The first kappa shape index (κ1) is 18.1. The summed E-state index contributed by atoms with van der Waals surface area (Å²) in [4.78, 5) is 17.4. The van der Waals surface area contributed by atoms with Crippen LogP contribution >= 0.6 is 0 Å². The predicted molar refractivity (Wildman–Crippen MR) is 108 cm³/mol. The van der Waals surface area contributed by atoms with Crippen LogP contribution in [0.3, 0.4) is 0 Å². The van der Waals surface area contributed by atoms with Crippen molar-refractivity contribution in [3.63, 3.8) is 0 Å². The Labute approximate surface area is 168 Å². The zero-order chi connectivity index (χ0) is 20.4. The summed E-state index contributed by atoms with van der Waals surface area (Å²) in [6, 6.07) is 5.84. The fourth-order valence-corrected chi connectivity index (χ4v) is 4.45. The molecule has 29 heavy (non-hydrogen) atoms. The molecule has 0 spiro atoms. The van der Waals surface area contributed by atoms with E-state index in [1.54, 1.807) is 23.0 Å². The maximum Gasteiger partial charge on any atom is 0.261 e. The van der Waals surface area contributed by atoms with Crippen LogP contribution in [0, 0.1) is 5.92 Å². The lowest BCUT2D eigenvalue weighted by Gasteiger charge is -2.20. The highest BCUT2D eigenvalue weighted by molar-refractivity contribution is 6.08. The highest BCUT2D eigenvalue weighted by atomic mass is 16.5. The van der Waals surface area contributed by atoms with Crippen molar-refractivity contribution in [2.75, 3.05) is 11.9 Å². The number of aliphatic hydroxyl groups excluding tert-OH is 1. The van der Waals surface area contributed by atoms with Crippen molar-refractivity contribution in [1.29, 1.82) is 0 Å². The van der Waals surface area contributed by atoms with E-state index in [4.69, 9.17) is 4.74 Å². The topological polar surface area (TPSA) is 88.8 Å². The van der Waals surface area contributed by atoms with Gasteiger partial charge in [0, 0.05) is 42.1 Å². The summed E-state index contributed by atoms with van der Waals surface area (Å²) in [5, 5.41) is 17.0. The van der Waals surface area contributed by atoms with Gasteiger partial charge in [0.2, 0.25) is 0 Å². The summed E-state index contributed by atoms with van der Waals surface area (Å²) in [5.41, 5.74) is 3.35. The number of carbonyl (C=O) groups is 1. The smallest absolute Gasteiger partial charge is 0.261 e. The normalized spacial score (nSPS) is 24.2. The van der Waals surface area contributed by atoms with Crippen LogP contribution in [0.25, 0.3) is 5.65 Å². The molecule has 1 saturated carbocycles. The second kappa shape index (κ2) is 6.03. The van der Waals surface area contributed by atoms with Crippen molar-refractivity contribution >= 4 is 17.2 Å². The van der Waals surface area contributed by atoms with Crippen molar-refractivity contribution in [1.82, 2.24) is 14.6 Å². The molecular formula is C22H24N4O3. The van der Waals surface area contributed by atoms with Crippen LogP contribution in [0.4, 0.5) is 5.69 Å². The van der Waals surface area contributed by atoms with Crippen molar-refractivity contribution < 1.29 is 14.6 Å². The average Bonchev–Trinajstić information content (AvgIpc) is 3.03. The lowest BCUT2D eigenvalue weighted by Crippen LogP contribution is -2.24. The lowest BCUT2D eigenvalue weighted by atomic mass is 9.91. The fourth-order valence-electron chi connectivity index (χ4n) is 4.45. The van der Waals surface area contributed by atoms with Gasteiger partial charge in [-0.3, -0.25) is 4.79 Å². The van der Waals surface area contributed by atoms with E-state index in [1.807, 2.05) is 12.1 Å². The van der Waals surface area contributed by atoms with Crippen molar-refractivity contribution in [3.05, 3.63) is 53.5 Å². The number of anilines is 1. The number of nitrogens with zero attached hydrogens (tertiary/aromatic N) is 3. The SMILES string of the molecule is CC1(C)Cc2cc(NC(=O)c3cnn4cccnc34)c([C@]3(C)C[C@H]3CO)cc2O1. The number of ether oxygens (including phenoxy) is 1. The molecule has 1 aliphatic heterocycles. The standard InChI is InChI=1S/C22H24N4O3/c1-21(2)9-13-7-17(16(8-18(13)29-21)22(3)10-14(22)12-27)25-20(28)15-11-24-26-6-4-5-23-19(15)26/h4-8,11,14,27H,9-10,12H2,1-3H3,(H,25,28)/t14-,22+/m0/s1. The first-order valence-corrected chi connectivity index (χ1v) is 9.88. The highest BCUT2D eigenvalue weighted by Gasteiger charge is 2.52. The molecule has 7 heteroatoms. The molecule has 0 unspecified atom stereocenters. The molecule has 3 heterocycles. The first-order chi connectivity index (χ1) is 13.8. The van der Waals surface area contributed by atoms with Gasteiger partial charge in [-0.05, 0) is 49.9 Å². The predicted octanol–water partition coefficient (Wildman–Crippen LogP) is 2.97. The van der Waals surface area contributed by atoms with Crippen LogP contribution < -0.4 is 10.1 Å². The molecule has 2 aliphatic rings. The number of nitrogens with one attached hydrogen (secondary N) is 1. The zero-order valence-electron chi connectivity index (χ0n) is 16.8. The molecule has 2 aromatic heterocycles. The molecule has 0 bridgehead atoms. The minimum absolute atomic E-state index is 0.130. The highest BCUT2D eigenvalue weighted by Crippen LogP contribution is 2.57. The van der Waals surface area contributed by atoms with Gasteiger partial charge in [-0.15, -0.1) is 0 Å². The minimum atomic E-state index is -0.268. The van der Waals surface area contributed by atoms with E-state index < -0.39 is 0 Å². The summed E-state index contributed by atoms with van der Waals surface area (Å²) in [5.74, 6) is 0.803. The summed E-state index contributed by atoms with van der Waals surface area (Å²) in [7, 11) is 0. The maximum atomic E-state index is 13.1. The van der Waals surface area contributed by atoms with E-state index in [9.17, 15) is 9.90 Å². The Morgan fingerprint density at radius 2 is 2.21 bits per heavy atom. The Hall–Kier alpha value is -2.93. The van der Waals surface area contributed by atoms with Gasteiger partial charge in [0.15, 0.2) is 5.65 Å². The van der Waals surface area contributed by atoms with Gasteiger partial charge in [-0.2, -0.15) is 5.10 Å². The molecule has 2 N–H and O–H groups in total. The molecule has 7 nitrogen and oxygen atoms in total. The average molecular weight is 392 g/mol. The summed E-state index contributed by atoms with van der Waals surface area (Å²) < 4.78 is 7.70. The third kappa shape index (κ3) is 2.88. The molecule has 150 valence electrons. The second-order valence-electron chi connectivity index (χ2n) is 8.95. The third-order valence-electron chi connectivity index (χ3n) is 6.22. The van der Waals surface area contributed by atoms with Gasteiger partial charge in [-0.1, -0.05) is 6.92 Å². The van der Waals surface area contributed by atoms with Crippen LogP contribution in [0.2, 0.25) is 0 Å². The molecule has 1 amide bonds. The number of fused-ring (bicyclic) bond motifs is 2. The van der Waals surface area contributed by atoms with Gasteiger partial charge in [0.1, 0.15) is 16.9 Å². The molecule has 1 fully saturated rings. The number of benzene rings is 1. The fraction of sp³-hybridized carbons (Fsp3) is 0.409. The Morgan fingerprint density at radius 1 is 1.38 bits per heavy atom. The van der Waals surface area contributed by atoms with E-state index in [0.717, 1.165) is 35.4 Å². The molecule has 2 atom stereocenters. The Kier molecular flexibility index (Phi) is 3.77. The number of aliphatic hydroxyl groups is 1. The summed E-state index contributed by atoms with van der Waals surface area (Å²) in [6.45, 7) is 6.38. The molecule has 0 saturated heterocycles. The zero-order valence-corrected chi connectivity index (χ0v) is 16.8. The number of hydrogen-bond donors (Lipinski definition) is 2. The van der Waals surface area contributed by atoms with Gasteiger partial charge in [0.25, 0.3) is 5.91 Å². The van der Waals surface area contributed by atoms with E-state index in [0.29, 0.717) is 11.2 Å². The van der Waals surface area contributed by atoms with E-state index in [-0.39, 0.29) is 29.4 Å². The lowest BCUT2D eigenvalue weighted by molar-refractivity contribution is 0.102. The molecular weight excluding hydrogens is 368 g/mol. The molecule has 3 aromatic rings. The molecule has 0 radical (unpaired) electrons. The molecule has 5 rings (SSSR count). The number of carbonyl (C=O) groups excluding carboxylic acids is 1. The van der Waals surface area contributed by atoms with E-state index in [1.165, 1.54) is 6.20 Å². The number of hydrogen-bond acceptors (Lipinski definition) is 5. The quantitative estimate of drug-likeness (QED) is 0.713. The summed E-state index contributed by atoms with van der Waals surface area (Å²) in [6.07, 6.45) is 6.60. The third-order valence-corrected chi connectivity index (χ3v) is 6.22. The second-order valence-corrected chi connectivity index (χ2v) is 8.95. The van der Waals surface area contributed by atoms with E-state index in [2.05, 4.69) is 36.2 Å². The maximum absolute atomic E-state index is 13.1. The van der Waals surface area contributed by atoms with Crippen molar-refractivity contribution in [2.45, 2.75) is 44.6 Å². The van der Waals surface area contributed by atoms with Crippen LogP contribution in [-0.4, -0.2) is 37.8 Å². The summed E-state index contributed by atoms with van der Waals surface area (Å²) >= 11 is 0. The Bertz CT molecular complexity index is 1140. The van der Waals surface area contributed by atoms with Crippen LogP contribution in [0.1, 0.15) is 48.7 Å². The van der Waals surface area contributed by atoms with Gasteiger partial charge in [0.05, 0.1) is 6.20 Å². The van der Waals surface area contributed by atoms with E-state index >= 15 is 0 Å². The van der Waals surface area contributed by atoms with Crippen LogP contribution in [0.15, 0.2) is 36.8 Å². The Balaban J connectivity index is 1.55. The molecule has 1 aliphatic carbocycles. The molecule has 1 aromatic carbocycles. The number of aromatic nitrogens is 3. The van der Waals surface area contributed by atoms with Crippen molar-refractivity contribution in [2.24, 2.45) is 5.92 Å². The van der Waals surface area contributed by atoms with Gasteiger partial charge < -0.3 is 15.2 Å². The van der Waals surface area contributed by atoms with Crippen LogP contribution in [0.5, 0.6) is 5.75 Å². The first-order valence-electron chi connectivity index (χ1n) is 9.88. The Morgan fingerprint density at radius 3 is 2.97 bits per heavy atom. The number of rotatable bonds is 4. The van der Waals surface area contributed by atoms with Crippen LogP contribution in [-0.2, 0) is 11.8 Å². The largest absolute Gasteiger partial charge is 0.487 e. The van der Waals surface area contributed by atoms with Crippen molar-refractivity contribution in [3.8, 4) is 5.75 Å². The van der Waals surface area contributed by atoms with Gasteiger partial charge in [-0.25, -0.2) is 9.50 Å². The minimum Gasteiger partial charge on any atom is -0.487 e.